The molecule has 2 aromatic rings. The highest BCUT2D eigenvalue weighted by Gasteiger charge is 2.10. The second-order valence-corrected chi connectivity index (χ2v) is 5.55. The lowest BCUT2D eigenvalue weighted by atomic mass is 10.1. The quantitative estimate of drug-likeness (QED) is 0.896. The number of aromatic nitrogens is 3. The van der Waals surface area contributed by atoms with Crippen molar-refractivity contribution in [1.82, 2.24) is 19.9 Å². The van der Waals surface area contributed by atoms with Crippen LogP contribution in [0.4, 0.5) is 16.3 Å². The van der Waals surface area contributed by atoms with Crippen molar-refractivity contribution < 1.29 is 9.59 Å². The van der Waals surface area contributed by atoms with E-state index < -0.39 is 0 Å². The number of nitrogens with one attached hydrogen (secondary N) is 2. The van der Waals surface area contributed by atoms with Gasteiger partial charge in [0.15, 0.2) is 5.82 Å². The Morgan fingerprint density at radius 1 is 1.13 bits per heavy atom. The second kappa shape index (κ2) is 6.91. The van der Waals surface area contributed by atoms with Gasteiger partial charge in [-0.2, -0.15) is 0 Å². The van der Waals surface area contributed by atoms with Crippen molar-refractivity contribution in [3.8, 4) is 0 Å². The molecular formula is C15H20N6O2. The summed E-state index contributed by atoms with van der Waals surface area (Å²) in [5.74, 6) is 0.0771. The summed E-state index contributed by atoms with van der Waals surface area (Å²) in [6.45, 7) is 3.96. The van der Waals surface area contributed by atoms with E-state index in [0.717, 1.165) is 16.8 Å². The van der Waals surface area contributed by atoms with Crippen LogP contribution < -0.4 is 10.6 Å². The third-order valence-electron chi connectivity index (χ3n) is 2.99. The molecule has 2 rings (SSSR count). The van der Waals surface area contributed by atoms with Crippen LogP contribution in [0.15, 0.2) is 24.4 Å². The first-order chi connectivity index (χ1) is 10.8. The Kier molecular flexibility index (Phi) is 4.95. The van der Waals surface area contributed by atoms with Gasteiger partial charge in [0.1, 0.15) is 6.54 Å². The van der Waals surface area contributed by atoms with Gasteiger partial charge in [-0.1, -0.05) is 11.3 Å². The normalized spacial score (nSPS) is 10.3. The summed E-state index contributed by atoms with van der Waals surface area (Å²) in [5.41, 5.74) is 2.90. The van der Waals surface area contributed by atoms with Crippen molar-refractivity contribution in [3.05, 3.63) is 35.5 Å². The van der Waals surface area contributed by atoms with Crippen molar-refractivity contribution in [2.45, 2.75) is 20.4 Å². The predicted molar refractivity (Wildman–Crippen MR) is 87.3 cm³/mol. The standard InChI is InChI=1S/C15H20N6O2/c1-10-5-11(2)7-12(6-10)16-14(22)9-21-8-13(18-19-21)17-15(23)20(3)4/h5-8H,9H2,1-4H3,(H,16,22)(H,17,23). The highest BCUT2D eigenvalue weighted by atomic mass is 16.2. The topological polar surface area (TPSA) is 92.2 Å². The van der Waals surface area contributed by atoms with Crippen molar-refractivity contribution in [3.63, 3.8) is 0 Å². The number of rotatable bonds is 4. The van der Waals surface area contributed by atoms with Gasteiger partial charge in [0.05, 0.1) is 6.20 Å². The molecule has 0 aliphatic rings. The van der Waals surface area contributed by atoms with E-state index >= 15 is 0 Å². The molecule has 1 aromatic carbocycles. The fourth-order valence-corrected chi connectivity index (χ4v) is 2.05. The summed E-state index contributed by atoms with van der Waals surface area (Å²) in [5, 5.41) is 13.0. The largest absolute Gasteiger partial charge is 0.331 e. The number of benzene rings is 1. The average molecular weight is 316 g/mol. The van der Waals surface area contributed by atoms with Gasteiger partial charge in [0.2, 0.25) is 5.91 Å². The summed E-state index contributed by atoms with van der Waals surface area (Å²) in [7, 11) is 3.24. The van der Waals surface area contributed by atoms with E-state index in [1.165, 1.54) is 15.8 Å². The highest BCUT2D eigenvalue weighted by Crippen LogP contribution is 2.13. The Morgan fingerprint density at radius 2 is 1.78 bits per heavy atom. The molecule has 2 N–H and O–H groups in total. The Labute approximate surface area is 134 Å². The highest BCUT2D eigenvalue weighted by molar-refractivity contribution is 5.91. The van der Waals surface area contributed by atoms with Crippen molar-refractivity contribution in [1.29, 1.82) is 0 Å². The van der Waals surface area contributed by atoms with Crippen LogP contribution in [0.2, 0.25) is 0 Å². The van der Waals surface area contributed by atoms with E-state index in [4.69, 9.17) is 0 Å². The molecule has 0 unspecified atom stereocenters. The molecule has 0 fully saturated rings. The molecule has 3 amide bonds. The van der Waals surface area contributed by atoms with Gasteiger partial charge in [0, 0.05) is 19.8 Å². The van der Waals surface area contributed by atoms with E-state index in [1.807, 2.05) is 32.0 Å². The van der Waals surface area contributed by atoms with E-state index in [1.54, 1.807) is 14.1 Å². The van der Waals surface area contributed by atoms with Crippen molar-refractivity contribution in [2.75, 3.05) is 24.7 Å². The van der Waals surface area contributed by atoms with Crippen LogP contribution in [-0.4, -0.2) is 45.9 Å². The first-order valence-electron chi connectivity index (χ1n) is 7.10. The molecule has 1 aromatic heterocycles. The SMILES string of the molecule is Cc1cc(C)cc(NC(=O)Cn2cc(NC(=O)N(C)C)nn2)c1. The molecule has 0 spiro atoms. The Hall–Kier alpha value is -2.90. The number of carbonyl (C=O) groups excluding carboxylic acids is 2. The predicted octanol–water partition coefficient (Wildman–Crippen LogP) is 1.63. The minimum absolute atomic E-state index is 0.0117. The van der Waals surface area contributed by atoms with Crippen LogP contribution in [-0.2, 0) is 11.3 Å². The second-order valence-electron chi connectivity index (χ2n) is 5.55. The molecule has 0 atom stereocenters. The van der Waals surface area contributed by atoms with Gasteiger partial charge >= 0.3 is 6.03 Å². The van der Waals surface area contributed by atoms with Gasteiger partial charge in [-0.15, -0.1) is 5.10 Å². The zero-order chi connectivity index (χ0) is 17.0. The number of hydrogen-bond acceptors (Lipinski definition) is 4. The summed E-state index contributed by atoms with van der Waals surface area (Å²) < 4.78 is 1.36. The molecule has 0 bridgehead atoms. The number of anilines is 2. The zero-order valence-electron chi connectivity index (χ0n) is 13.6. The van der Waals surface area contributed by atoms with Crippen LogP contribution in [0.1, 0.15) is 11.1 Å². The molecule has 8 heteroatoms. The number of nitrogens with zero attached hydrogens (tertiary/aromatic N) is 4. The molecule has 0 radical (unpaired) electrons. The smallest absolute Gasteiger partial charge is 0.322 e. The summed E-state index contributed by atoms with van der Waals surface area (Å²) >= 11 is 0. The summed E-state index contributed by atoms with van der Waals surface area (Å²) in [6, 6.07) is 5.52. The fourth-order valence-electron chi connectivity index (χ4n) is 2.05. The van der Waals surface area contributed by atoms with E-state index in [0.29, 0.717) is 5.82 Å². The van der Waals surface area contributed by atoms with Gasteiger partial charge in [-0.05, 0) is 37.1 Å². The van der Waals surface area contributed by atoms with E-state index in [-0.39, 0.29) is 18.5 Å². The molecule has 0 saturated heterocycles. The fraction of sp³-hybridized carbons (Fsp3) is 0.333. The van der Waals surface area contributed by atoms with Crippen LogP contribution in [0, 0.1) is 13.8 Å². The average Bonchev–Trinajstić information content (AvgIpc) is 2.84. The first-order valence-corrected chi connectivity index (χ1v) is 7.10. The molecule has 0 aliphatic heterocycles. The van der Waals surface area contributed by atoms with Crippen LogP contribution in [0.3, 0.4) is 0 Å². The zero-order valence-corrected chi connectivity index (χ0v) is 13.6. The van der Waals surface area contributed by atoms with E-state index in [2.05, 4.69) is 20.9 Å². The molecule has 1 heterocycles. The van der Waals surface area contributed by atoms with Gasteiger partial charge in [0.25, 0.3) is 0 Å². The molecule has 122 valence electrons. The Balaban J connectivity index is 1.95. The van der Waals surface area contributed by atoms with Crippen molar-refractivity contribution in [2.24, 2.45) is 0 Å². The summed E-state index contributed by atoms with van der Waals surface area (Å²) in [4.78, 5) is 24.9. The van der Waals surface area contributed by atoms with Crippen molar-refractivity contribution >= 4 is 23.4 Å². The van der Waals surface area contributed by atoms with E-state index in [9.17, 15) is 9.59 Å². The minimum atomic E-state index is -0.309. The molecule has 23 heavy (non-hydrogen) atoms. The molecule has 0 saturated carbocycles. The van der Waals surface area contributed by atoms with Crippen LogP contribution >= 0.6 is 0 Å². The number of urea groups is 1. The number of amides is 3. The van der Waals surface area contributed by atoms with Gasteiger partial charge in [-0.25, -0.2) is 9.48 Å². The number of carbonyl (C=O) groups is 2. The lowest BCUT2D eigenvalue weighted by molar-refractivity contribution is -0.116. The maximum Gasteiger partial charge on any atom is 0.322 e. The first kappa shape index (κ1) is 16.5. The number of hydrogen-bond donors (Lipinski definition) is 2. The van der Waals surface area contributed by atoms with Crippen LogP contribution in [0.25, 0.3) is 0 Å². The number of aryl methyl sites for hydroxylation is 2. The monoisotopic (exact) mass is 316 g/mol. The summed E-state index contributed by atoms with van der Waals surface area (Å²) in [6.07, 6.45) is 1.50. The molecule has 8 nitrogen and oxygen atoms in total. The Morgan fingerprint density at radius 3 is 2.39 bits per heavy atom. The Bertz CT molecular complexity index is 702. The maximum absolute atomic E-state index is 12.0. The van der Waals surface area contributed by atoms with Gasteiger partial charge < -0.3 is 10.2 Å². The minimum Gasteiger partial charge on any atom is -0.331 e. The third kappa shape index (κ3) is 4.80. The lowest BCUT2D eigenvalue weighted by Gasteiger charge is -2.09. The lowest BCUT2D eigenvalue weighted by Crippen LogP contribution is -2.27. The molecular weight excluding hydrogens is 296 g/mol. The maximum atomic E-state index is 12.0. The molecule has 0 aliphatic carbocycles. The van der Waals surface area contributed by atoms with Crippen LogP contribution in [0.5, 0.6) is 0 Å². The third-order valence-corrected chi connectivity index (χ3v) is 2.99. The van der Waals surface area contributed by atoms with Gasteiger partial charge in [-0.3, -0.25) is 10.1 Å².